The van der Waals surface area contributed by atoms with Crippen molar-refractivity contribution in [2.45, 2.75) is 31.7 Å². The first-order valence-electron chi connectivity index (χ1n) is 7.86. The topological polar surface area (TPSA) is 67.4 Å². The molecule has 1 heterocycles. The Morgan fingerprint density at radius 3 is 2.73 bits per heavy atom. The van der Waals surface area contributed by atoms with Crippen LogP contribution in [0.1, 0.15) is 24.8 Å². The second-order valence-electron chi connectivity index (χ2n) is 6.37. The summed E-state index contributed by atoms with van der Waals surface area (Å²) in [5.41, 5.74) is 1.47. The highest BCUT2D eigenvalue weighted by molar-refractivity contribution is 5.89. The van der Waals surface area contributed by atoms with Crippen LogP contribution < -0.4 is 10.6 Å². The van der Waals surface area contributed by atoms with Crippen LogP contribution in [0.4, 0.5) is 0 Å². The highest BCUT2D eigenvalue weighted by Gasteiger charge is 2.38. The van der Waals surface area contributed by atoms with E-state index in [1.165, 1.54) is 12.0 Å². The summed E-state index contributed by atoms with van der Waals surface area (Å²) in [6.07, 6.45) is 4.47. The first-order chi connectivity index (χ1) is 10.7. The third-order valence-electron chi connectivity index (χ3n) is 4.64. The number of carbonyl (C=O) groups is 2. The third-order valence-corrected chi connectivity index (χ3v) is 4.64. The number of amides is 2. The van der Waals surface area contributed by atoms with Gasteiger partial charge in [0, 0.05) is 6.54 Å². The van der Waals surface area contributed by atoms with E-state index in [-0.39, 0.29) is 30.4 Å². The van der Waals surface area contributed by atoms with Gasteiger partial charge in [0.15, 0.2) is 0 Å². The minimum absolute atomic E-state index is 0.0434. The van der Waals surface area contributed by atoms with Gasteiger partial charge in [0.2, 0.25) is 11.8 Å². The highest BCUT2D eigenvalue weighted by Crippen LogP contribution is 2.43. The molecule has 1 saturated heterocycles. The normalized spacial score (nSPS) is 23.3. The van der Waals surface area contributed by atoms with Crippen molar-refractivity contribution in [3.8, 4) is 0 Å². The minimum atomic E-state index is -0.560. The van der Waals surface area contributed by atoms with Gasteiger partial charge in [0.1, 0.15) is 12.6 Å². The lowest BCUT2D eigenvalue weighted by molar-refractivity contribution is -0.138. The fourth-order valence-electron chi connectivity index (χ4n) is 3.21. The standard InChI is InChI=1S/C17H22N2O3/c20-15-11-22-10-14(19-15)16(21)18-12-17(7-4-8-17)9-13-5-2-1-3-6-13/h1-3,5-6,14H,4,7-12H2,(H,18,21)(H,19,20). The van der Waals surface area contributed by atoms with Crippen molar-refractivity contribution in [1.82, 2.24) is 10.6 Å². The van der Waals surface area contributed by atoms with Gasteiger partial charge in [-0.25, -0.2) is 0 Å². The van der Waals surface area contributed by atoms with Crippen LogP contribution in [-0.2, 0) is 20.7 Å². The number of morpholine rings is 1. The second-order valence-corrected chi connectivity index (χ2v) is 6.37. The quantitative estimate of drug-likeness (QED) is 0.854. The maximum atomic E-state index is 12.2. The molecule has 2 amide bonds. The SMILES string of the molecule is O=C1COCC(C(=O)NCC2(Cc3ccccc3)CCC2)N1. The van der Waals surface area contributed by atoms with Crippen LogP contribution in [0.3, 0.4) is 0 Å². The van der Waals surface area contributed by atoms with Gasteiger partial charge in [-0.15, -0.1) is 0 Å². The van der Waals surface area contributed by atoms with E-state index in [1.54, 1.807) is 0 Å². The number of benzene rings is 1. The van der Waals surface area contributed by atoms with Gasteiger partial charge >= 0.3 is 0 Å². The van der Waals surface area contributed by atoms with Crippen LogP contribution >= 0.6 is 0 Å². The molecule has 22 heavy (non-hydrogen) atoms. The molecule has 0 radical (unpaired) electrons. The molecular weight excluding hydrogens is 280 g/mol. The van der Waals surface area contributed by atoms with Crippen molar-refractivity contribution in [3.63, 3.8) is 0 Å². The van der Waals surface area contributed by atoms with Crippen LogP contribution in [0.25, 0.3) is 0 Å². The van der Waals surface area contributed by atoms with E-state index in [2.05, 4.69) is 34.9 Å². The van der Waals surface area contributed by atoms with Crippen molar-refractivity contribution in [1.29, 1.82) is 0 Å². The number of nitrogens with one attached hydrogen (secondary N) is 2. The Hall–Kier alpha value is -1.88. The van der Waals surface area contributed by atoms with Crippen LogP contribution in [0.15, 0.2) is 30.3 Å². The molecule has 1 atom stereocenters. The molecule has 0 bridgehead atoms. The van der Waals surface area contributed by atoms with E-state index in [9.17, 15) is 9.59 Å². The molecule has 5 heteroatoms. The Morgan fingerprint density at radius 1 is 1.32 bits per heavy atom. The smallest absolute Gasteiger partial charge is 0.246 e. The lowest BCUT2D eigenvalue weighted by atomic mass is 9.65. The molecule has 1 aromatic carbocycles. The molecule has 1 saturated carbocycles. The van der Waals surface area contributed by atoms with Gasteiger partial charge in [0.05, 0.1) is 6.61 Å². The predicted octanol–water partition coefficient (Wildman–Crippen LogP) is 1.03. The molecule has 1 aliphatic carbocycles. The van der Waals surface area contributed by atoms with Crippen molar-refractivity contribution < 1.29 is 14.3 Å². The van der Waals surface area contributed by atoms with Gasteiger partial charge in [0.25, 0.3) is 0 Å². The maximum Gasteiger partial charge on any atom is 0.246 e. The molecule has 2 fully saturated rings. The van der Waals surface area contributed by atoms with Crippen LogP contribution in [0.2, 0.25) is 0 Å². The zero-order valence-corrected chi connectivity index (χ0v) is 12.6. The molecule has 2 aliphatic rings. The van der Waals surface area contributed by atoms with Crippen LogP contribution in [0, 0.1) is 5.41 Å². The van der Waals surface area contributed by atoms with Crippen LogP contribution in [-0.4, -0.2) is 37.6 Å². The summed E-state index contributed by atoms with van der Waals surface area (Å²) < 4.78 is 5.11. The molecule has 3 rings (SSSR count). The summed E-state index contributed by atoms with van der Waals surface area (Å²) in [6.45, 7) is 0.956. The Balaban J connectivity index is 1.54. The molecular formula is C17H22N2O3. The number of rotatable bonds is 5. The van der Waals surface area contributed by atoms with Gasteiger partial charge in [-0.05, 0) is 30.2 Å². The summed E-state index contributed by atoms with van der Waals surface area (Å²) in [5, 5.41) is 5.66. The predicted molar refractivity (Wildman–Crippen MR) is 82.2 cm³/mol. The number of hydrogen-bond acceptors (Lipinski definition) is 3. The second kappa shape index (κ2) is 6.48. The molecule has 1 unspecified atom stereocenters. The molecule has 0 spiro atoms. The van der Waals surface area contributed by atoms with E-state index in [4.69, 9.17) is 4.74 Å². The molecule has 2 N–H and O–H groups in total. The average Bonchev–Trinajstić information content (AvgIpc) is 2.50. The Bertz CT molecular complexity index is 540. The van der Waals surface area contributed by atoms with Gasteiger partial charge in [-0.2, -0.15) is 0 Å². The van der Waals surface area contributed by atoms with Crippen LogP contribution in [0.5, 0.6) is 0 Å². The lowest BCUT2D eigenvalue weighted by Crippen LogP contribution is -2.55. The van der Waals surface area contributed by atoms with Gasteiger partial charge < -0.3 is 15.4 Å². The van der Waals surface area contributed by atoms with Crippen molar-refractivity contribution in [3.05, 3.63) is 35.9 Å². The monoisotopic (exact) mass is 302 g/mol. The first kappa shape index (κ1) is 15.0. The summed E-state index contributed by atoms with van der Waals surface area (Å²) >= 11 is 0. The number of ether oxygens (including phenoxy) is 1. The minimum Gasteiger partial charge on any atom is -0.369 e. The van der Waals surface area contributed by atoms with Crippen molar-refractivity contribution in [2.24, 2.45) is 5.41 Å². The number of carbonyl (C=O) groups excluding carboxylic acids is 2. The summed E-state index contributed by atoms with van der Waals surface area (Å²) in [7, 11) is 0. The van der Waals surface area contributed by atoms with E-state index >= 15 is 0 Å². The zero-order chi connectivity index (χ0) is 15.4. The number of hydrogen-bond donors (Lipinski definition) is 2. The van der Waals surface area contributed by atoms with E-state index in [0.717, 1.165) is 19.3 Å². The molecule has 1 aromatic rings. The Kier molecular flexibility index (Phi) is 4.43. The molecule has 118 valence electrons. The summed E-state index contributed by atoms with van der Waals surface area (Å²) in [6, 6.07) is 9.83. The van der Waals surface area contributed by atoms with E-state index in [0.29, 0.717) is 6.54 Å². The third kappa shape index (κ3) is 3.47. The maximum absolute atomic E-state index is 12.2. The average molecular weight is 302 g/mol. The fraction of sp³-hybridized carbons (Fsp3) is 0.529. The van der Waals surface area contributed by atoms with Gasteiger partial charge in [-0.1, -0.05) is 36.8 Å². The van der Waals surface area contributed by atoms with Crippen molar-refractivity contribution in [2.75, 3.05) is 19.8 Å². The highest BCUT2D eigenvalue weighted by atomic mass is 16.5. The lowest BCUT2D eigenvalue weighted by Gasteiger charge is -2.42. The zero-order valence-electron chi connectivity index (χ0n) is 12.6. The Morgan fingerprint density at radius 2 is 2.09 bits per heavy atom. The largest absolute Gasteiger partial charge is 0.369 e. The van der Waals surface area contributed by atoms with E-state index in [1.807, 2.05) is 6.07 Å². The molecule has 5 nitrogen and oxygen atoms in total. The Labute approximate surface area is 130 Å². The van der Waals surface area contributed by atoms with Gasteiger partial charge in [-0.3, -0.25) is 9.59 Å². The fourth-order valence-corrected chi connectivity index (χ4v) is 3.21. The van der Waals surface area contributed by atoms with Crippen molar-refractivity contribution >= 4 is 11.8 Å². The summed E-state index contributed by atoms with van der Waals surface area (Å²) in [4.78, 5) is 23.4. The molecule has 1 aliphatic heterocycles. The van der Waals surface area contributed by atoms with E-state index < -0.39 is 6.04 Å². The summed E-state index contributed by atoms with van der Waals surface area (Å²) in [5.74, 6) is -0.374. The first-order valence-corrected chi connectivity index (χ1v) is 7.86. The molecule has 0 aromatic heterocycles.